The van der Waals surface area contributed by atoms with Gasteiger partial charge < -0.3 is 9.88 Å². The van der Waals surface area contributed by atoms with Crippen LogP contribution < -0.4 is 11.1 Å². The molecular weight excluding hydrogens is 406 g/mol. The van der Waals surface area contributed by atoms with Crippen molar-refractivity contribution in [3.8, 4) is 0 Å². The van der Waals surface area contributed by atoms with Gasteiger partial charge in [-0.25, -0.2) is 9.67 Å². The van der Waals surface area contributed by atoms with Gasteiger partial charge in [-0.1, -0.05) is 30.3 Å². The van der Waals surface area contributed by atoms with Crippen molar-refractivity contribution in [2.75, 3.05) is 0 Å². The largest absolute Gasteiger partial charge is 0.327 e. The maximum Gasteiger partial charge on any atom is 0.275 e. The third-order valence-electron chi connectivity index (χ3n) is 5.39. The lowest BCUT2D eigenvalue weighted by Gasteiger charge is -2.27. The summed E-state index contributed by atoms with van der Waals surface area (Å²) in [6, 6.07) is 13.7. The molecule has 2 aromatic carbocycles. The number of H-pyrrole nitrogens is 1. The molecule has 0 spiro atoms. The number of fused-ring (bicyclic) bond motifs is 2. The molecule has 0 atom stereocenters. The van der Waals surface area contributed by atoms with Gasteiger partial charge in [-0.2, -0.15) is 5.10 Å². The van der Waals surface area contributed by atoms with Gasteiger partial charge in [0.2, 0.25) is 0 Å². The summed E-state index contributed by atoms with van der Waals surface area (Å²) in [5.41, 5.74) is 0.285. The molecule has 1 N–H and O–H groups in total. The Hall–Kier alpha value is -3.81. The fourth-order valence-electron chi connectivity index (χ4n) is 3.71. The maximum atomic E-state index is 13.7. The molecule has 0 fully saturated rings. The molecule has 4 rings (SSSR count). The average Bonchev–Trinajstić information content (AvgIpc) is 2.77. The van der Waals surface area contributed by atoms with Crippen LogP contribution in [0.2, 0.25) is 0 Å². The van der Waals surface area contributed by atoms with Crippen LogP contribution in [0.25, 0.3) is 21.7 Å². The summed E-state index contributed by atoms with van der Waals surface area (Å²) in [4.78, 5) is 47.9. The number of para-hydroxylation sites is 1. The average molecular weight is 431 g/mol. The highest BCUT2D eigenvalue weighted by Crippen LogP contribution is 2.19. The van der Waals surface area contributed by atoms with E-state index in [1.165, 1.54) is 4.68 Å². The standard InChI is InChI=1S/C24H25N5O3/c1-14(2)28(13-20-25-19-12-8-7-11-18(19)22(30)26-20)24(32)21-16-9-5-6-10-17(16)23(31)29(27-21)15(3)4/h5-12,14-15H,13H2,1-4H3,(H,25,26,30). The lowest BCUT2D eigenvalue weighted by atomic mass is 10.1. The number of aromatic amines is 1. The van der Waals surface area contributed by atoms with Crippen LogP contribution in [0, 0.1) is 0 Å². The van der Waals surface area contributed by atoms with Crippen LogP contribution in [-0.4, -0.2) is 36.6 Å². The second-order valence-electron chi connectivity index (χ2n) is 8.29. The number of aromatic nitrogens is 4. The van der Waals surface area contributed by atoms with Gasteiger partial charge in [0.1, 0.15) is 5.82 Å². The molecule has 4 aromatic rings. The predicted octanol–water partition coefficient (Wildman–Crippen LogP) is 3.26. The first-order valence-corrected chi connectivity index (χ1v) is 10.6. The number of nitrogens with zero attached hydrogens (tertiary/aromatic N) is 4. The van der Waals surface area contributed by atoms with Crippen molar-refractivity contribution < 1.29 is 4.79 Å². The van der Waals surface area contributed by atoms with E-state index in [2.05, 4.69) is 15.1 Å². The van der Waals surface area contributed by atoms with Crippen LogP contribution in [0.1, 0.15) is 50.0 Å². The van der Waals surface area contributed by atoms with Crippen molar-refractivity contribution in [1.82, 2.24) is 24.6 Å². The van der Waals surface area contributed by atoms with Crippen molar-refractivity contribution in [2.24, 2.45) is 0 Å². The van der Waals surface area contributed by atoms with Crippen molar-refractivity contribution >= 4 is 27.6 Å². The number of benzene rings is 2. The molecule has 8 nitrogen and oxygen atoms in total. The molecule has 0 unspecified atom stereocenters. The van der Waals surface area contributed by atoms with Gasteiger partial charge in [0.15, 0.2) is 5.69 Å². The molecule has 0 radical (unpaired) electrons. The third kappa shape index (κ3) is 3.79. The molecule has 8 heteroatoms. The first-order valence-electron chi connectivity index (χ1n) is 10.6. The second-order valence-corrected chi connectivity index (χ2v) is 8.29. The Kier molecular flexibility index (Phi) is 5.61. The Bertz CT molecular complexity index is 1440. The number of rotatable bonds is 5. The minimum Gasteiger partial charge on any atom is -0.327 e. The van der Waals surface area contributed by atoms with Crippen molar-refractivity contribution in [3.63, 3.8) is 0 Å². The summed E-state index contributed by atoms with van der Waals surface area (Å²) >= 11 is 0. The summed E-state index contributed by atoms with van der Waals surface area (Å²) in [7, 11) is 0. The molecule has 0 aliphatic rings. The SMILES string of the molecule is CC(C)N(Cc1nc2ccccc2c(=O)[nH]1)C(=O)c1nn(C(C)C)c(=O)c2ccccc12. The summed E-state index contributed by atoms with van der Waals surface area (Å²) in [5.74, 6) is 0.0543. The van der Waals surface area contributed by atoms with E-state index in [1.807, 2.05) is 33.8 Å². The van der Waals surface area contributed by atoms with Crippen LogP contribution in [0.5, 0.6) is 0 Å². The highest BCUT2D eigenvalue weighted by Gasteiger charge is 2.25. The minimum absolute atomic E-state index is 0.105. The monoisotopic (exact) mass is 431 g/mol. The fraction of sp³-hybridized carbons (Fsp3) is 0.292. The van der Waals surface area contributed by atoms with E-state index in [1.54, 1.807) is 47.4 Å². The third-order valence-corrected chi connectivity index (χ3v) is 5.39. The van der Waals surface area contributed by atoms with E-state index >= 15 is 0 Å². The first kappa shape index (κ1) is 21.4. The molecule has 0 aliphatic heterocycles. The molecule has 2 heterocycles. The zero-order valence-electron chi connectivity index (χ0n) is 18.5. The number of hydrogen-bond acceptors (Lipinski definition) is 5. The van der Waals surface area contributed by atoms with Crippen LogP contribution in [-0.2, 0) is 6.54 Å². The summed E-state index contributed by atoms with van der Waals surface area (Å²) in [6.45, 7) is 7.57. The maximum absolute atomic E-state index is 13.7. The van der Waals surface area contributed by atoms with Gasteiger partial charge in [-0.05, 0) is 45.9 Å². The fourth-order valence-corrected chi connectivity index (χ4v) is 3.71. The normalized spacial score (nSPS) is 11.6. The number of carbonyl (C=O) groups is 1. The molecule has 0 saturated heterocycles. The molecule has 32 heavy (non-hydrogen) atoms. The van der Waals surface area contributed by atoms with Gasteiger partial charge in [-0.15, -0.1) is 0 Å². The molecule has 0 aliphatic carbocycles. The molecular formula is C24H25N5O3. The Morgan fingerprint density at radius 2 is 1.59 bits per heavy atom. The van der Waals surface area contributed by atoms with Gasteiger partial charge in [0.25, 0.3) is 17.0 Å². The van der Waals surface area contributed by atoms with E-state index in [9.17, 15) is 14.4 Å². The minimum atomic E-state index is -0.332. The van der Waals surface area contributed by atoms with Crippen LogP contribution in [0.3, 0.4) is 0 Å². The highest BCUT2D eigenvalue weighted by atomic mass is 16.2. The Morgan fingerprint density at radius 1 is 0.969 bits per heavy atom. The van der Waals surface area contributed by atoms with E-state index < -0.39 is 0 Å². The quantitative estimate of drug-likeness (QED) is 0.523. The lowest BCUT2D eigenvalue weighted by Crippen LogP contribution is -2.39. The number of nitrogens with one attached hydrogen (secondary N) is 1. The number of carbonyl (C=O) groups excluding carboxylic acids is 1. The molecule has 164 valence electrons. The summed E-state index contributed by atoms with van der Waals surface area (Å²) in [5, 5.41) is 5.88. The number of hydrogen-bond donors (Lipinski definition) is 1. The Balaban J connectivity index is 1.82. The van der Waals surface area contributed by atoms with Gasteiger partial charge in [0, 0.05) is 11.4 Å². The molecule has 1 amide bonds. The van der Waals surface area contributed by atoms with Crippen molar-refractivity contribution in [1.29, 1.82) is 0 Å². The van der Waals surface area contributed by atoms with E-state index in [0.29, 0.717) is 27.5 Å². The van der Waals surface area contributed by atoms with Crippen LogP contribution in [0.15, 0.2) is 58.1 Å². The molecule has 2 aromatic heterocycles. The Morgan fingerprint density at radius 3 is 2.25 bits per heavy atom. The summed E-state index contributed by atoms with van der Waals surface area (Å²) < 4.78 is 1.34. The van der Waals surface area contributed by atoms with E-state index in [4.69, 9.17) is 0 Å². The lowest BCUT2D eigenvalue weighted by molar-refractivity contribution is 0.0678. The van der Waals surface area contributed by atoms with E-state index in [-0.39, 0.29) is 41.3 Å². The predicted molar refractivity (Wildman–Crippen MR) is 124 cm³/mol. The van der Waals surface area contributed by atoms with Gasteiger partial charge >= 0.3 is 0 Å². The topological polar surface area (TPSA) is 101 Å². The van der Waals surface area contributed by atoms with Crippen LogP contribution in [0.4, 0.5) is 0 Å². The summed E-state index contributed by atoms with van der Waals surface area (Å²) in [6.07, 6.45) is 0. The van der Waals surface area contributed by atoms with E-state index in [0.717, 1.165) is 0 Å². The molecule has 0 bridgehead atoms. The van der Waals surface area contributed by atoms with Gasteiger partial charge in [0.05, 0.1) is 28.9 Å². The zero-order valence-corrected chi connectivity index (χ0v) is 18.5. The highest BCUT2D eigenvalue weighted by molar-refractivity contribution is 6.04. The van der Waals surface area contributed by atoms with Gasteiger partial charge in [-0.3, -0.25) is 14.4 Å². The van der Waals surface area contributed by atoms with Crippen molar-refractivity contribution in [2.45, 2.75) is 46.3 Å². The van der Waals surface area contributed by atoms with Crippen molar-refractivity contribution in [3.05, 3.63) is 80.8 Å². The first-order chi connectivity index (χ1) is 15.3. The zero-order chi connectivity index (χ0) is 23.0. The smallest absolute Gasteiger partial charge is 0.275 e. The Labute approximate surface area is 184 Å². The number of amides is 1. The van der Waals surface area contributed by atoms with Crippen LogP contribution >= 0.6 is 0 Å². The molecule has 0 saturated carbocycles. The second kappa shape index (κ2) is 8.37.